The molecule has 1 aliphatic carbocycles. The van der Waals surface area contributed by atoms with Crippen LogP contribution in [0.5, 0.6) is 0 Å². The molecule has 1 aromatic heterocycles. The molecule has 2 amide bonds. The summed E-state index contributed by atoms with van der Waals surface area (Å²) in [6.07, 6.45) is 5.63. The summed E-state index contributed by atoms with van der Waals surface area (Å²) < 4.78 is 15.5. The molecule has 0 radical (unpaired) electrons. The van der Waals surface area contributed by atoms with Crippen molar-refractivity contribution in [1.82, 2.24) is 25.4 Å². The molecule has 1 saturated carbocycles. The van der Waals surface area contributed by atoms with Crippen molar-refractivity contribution in [2.75, 3.05) is 44.1 Å². The molecular weight excluding hydrogens is 441 g/mol. The average molecular weight is 480 g/mol. The van der Waals surface area contributed by atoms with Crippen molar-refractivity contribution in [3.63, 3.8) is 0 Å². The lowest BCUT2D eigenvalue weighted by atomic mass is 9.92. The third kappa shape index (κ3) is 6.32. The van der Waals surface area contributed by atoms with Crippen LogP contribution in [0, 0.1) is 23.6 Å². The lowest BCUT2D eigenvalue weighted by Gasteiger charge is -2.24. The SMILES string of the molecule is CCc1nc(NNC(=O)C(CC2CCCC2)CN(O)C=O)c(F)c(N2CC(N(C)C)[C@@H](C)C2)n1. The van der Waals surface area contributed by atoms with E-state index in [0.717, 1.165) is 25.7 Å². The van der Waals surface area contributed by atoms with Crippen LogP contribution in [0.2, 0.25) is 0 Å². The number of nitrogens with one attached hydrogen (secondary N) is 2. The number of halogens is 1. The molecule has 3 rings (SSSR count). The van der Waals surface area contributed by atoms with Crippen molar-refractivity contribution >= 4 is 24.0 Å². The Morgan fingerprint density at radius 3 is 2.59 bits per heavy atom. The Hall–Kier alpha value is -2.53. The minimum Gasteiger partial charge on any atom is -0.352 e. The Labute approximate surface area is 200 Å². The number of carbonyl (C=O) groups excluding carboxylic acids is 2. The first-order chi connectivity index (χ1) is 16.2. The van der Waals surface area contributed by atoms with Gasteiger partial charge in [0.2, 0.25) is 18.1 Å². The topological polar surface area (TPSA) is 114 Å². The highest BCUT2D eigenvalue weighted by Gasteiger charge is 2.34. The van der Waals surface area contributed by atoms with E-state index in [2.05, 4.69) is 32.6 Å². The molecule has 190 valence electrons. The maximum atomic E-state index is 15.5. The number of anilines is 2. The number of carbonyl (C=O) groups is 2. The molecule has 2 unspecified atom stereocenters. The molecule has 0 spiro atoms. The maximum Gasteiger partial charge on any atom is 0.243 e. The van der Waals surface area contributed by atoms with Gasteiger partial charge in [-0.25, -0.2) is 15.0 Å². The normalized spacial score (nSPS) is 21.7. The number of nitrogens with zero attached hydrogens (tertiary/aromatic N) is 5. The van der Waals surface area contributed by atoms with Gasteiger partial charge in [-0.1, -0.05) is 39.5 Å². The van der Waals surface area contributed by atoms with Crippen molar-refractivity contribution in [3.05, 3.63) is 11.6 Å². The highest BCUT2D eigenvalue weighted by atomic mass is 19.1. The monoisotopic (exact) mass is 479 g/mol. The molecule has 11 heteroatoms. The second-order valence-corrected chi connectivity index (χ2v) is 9.82. The first-order valence-electron chi connectivity index (χ1n) is 12.2. The van der Waals surface area contributed by atoms with E-state index in [1.54, 1.807) is 0 Å². The quantitative estimate of drug-likeness (QED) is 0.251. The molecule has 3 atom stereocenters. The second kappa shape index (κ2) is 11.7. The van der Waals surface area contributed by atoms with Crippen LogP contribution in [0.4, 0.5) is 16.0 Å². The van der Waals surface area contributed by atoms with Crippen molar-refractivity contribution < 1.29 is 19.2 Å². The Morgan fingerprint density at radius 1 is 1.29 bits per heavy atom. The van der Waals surface area contributed by atoms with E-state index < -0.39 is 17.6 Å². The summed E-state index contributed by atoms with van der Waals surface area (Å²) in [5.41, 5.74) is 5.19. The zero-order chi connectivity index (χ0) is 24.8. The minimum atomic E-state index is -0.624. The van der Waals surface area contributed by atoms with Gasteiger partial charge in [-0.3, -0.25) is 25.6 Å². The van der Waals surface area contributed by atoms with Crippen molar-refractivity contribution in [2.45, 2.75) is 58.4 Å². The Kier molecular flexibility index (Phi) is 9.01. The first kappa shape index (κ1) is 26.1. The van der Waals surface area contributed by atoms with E-state index in [4.69, 9.17) is 0 Å². The highest BCUT2D eigenvalue weighted by molar-refractivity contribution is 5.80. The summed E-state index contributed by atoms with van der Waals surface area (Å²) in [5, 5.41) is 10.1. The summed E-state index contributed by atoms with van der Waals surface area (Å²) in [4.78, 5) is 36.6. The van der Waals surface area contributed by atoms with Crippen LogP contribution in [-0.4, -0.2) is 77.2 Å². The van der Waals surface area contributed by atoms with Gasteiger partial charge in [0.15, 0.2) is 11.6 Å². The van der Waals surface area contributed by atoms with E-state index in [1.807, 2.05) is 25.9 Å². The smallest absolute Gasteiger partial charge is 0.243 e. The lowest BCUT2D eigenvalue weighted by Crippen LogP contribution is -2.41. The minimum absolute atomic E-state index is 0.0907. The van der Waals surface area contributed by atoms with Gasteiger partial charge in [-0.05, 0) is 32.4 Å². The van der Waals surface area contributed by atoms with Gasteiger partial charge in [-0.2, -0.15) is 4.39 Å². The van der Waals surface area contributed by atoms with Crippen LogP contribution in [-0.2, 0) is 16.0 Å². The molecule has 2 fully saturated rings. The maximum absolute atomic E-state index is 15.5. The van der Waals surface area contributed by atoms with Gasteiger partial charge in [0.05, 0.1) is 12.5 Å². The summed E-state index contributed by atoms with van der Waals surface area (Å²) in [5.74, 6) is -0.342. The Balaban J connectivity index is 1.74. The third-order valence-corrected chi connectivity index (χ3v) is 7.03. The van der Waals surface area contributed by atoms with E-state index in [0.29, 0.717) is 48.7 Å². The van der Waals surface area contributed by atoms with Crippen molar-refractivity contribution in [2.24, 2.45) is 17.8 Å². The number of hydrogen-bond acceptors (Lipinski definition) is 8. The zero-order valence-electron chi connectivity index (χ0n) is 20.6. The third-order valence-electron chi connectivity index (χ3n) is 7.03. The second-order valence-electron chi connectivity index (χ2n) is 9.82. The van der Waals surface area contributed by atoms with E-state index in [-0.39, 0.29) is 30.6 Å². The summed E-state index contributed by atoms with van der Waals surface area (Å²) >= 11 is 0. The van der Waals surface area contributed by atoms with Gasteiger partial charge in [0.25, 0.3) is 0 Å². The van der Waals surface area contributed by atoms with E-state index in [9.17, 15) is 14.8 Å². The van der Waals surface area contributed by atoms with Gasteiger partial charge in [-0.15, -0.1) is 0 Å². The van der Waals surface area contributed by atoms with Crippen molar-refractivity contribution in [3.8, 4) is 0 Å². The molecule has 1 aliphatic heterocycles. The molecule has 1 saturated heterocycles. The number of aromatic nitrogens is 2. The molecule has 2 heterocycles. The van der Waals surface area contributed by atoms with Crippen LogP contribution in [0.3, 0.4) is 0 Å². The van der Waals surface area contributed by atoms with Gasteiger partial charge < -0.3 is 9.80 Å². The van der Waals surface area contributed by atoms with Gasteiger partial charge >= 0.3 is 0 Å². The molecular formula is C23H38FN7O3. The fourth-order valence-corrected chi connectivity index (χ4v) is 5.13. The predicted molar refractivity (Wildman–Crippen MR) is 127 cm³/mol. The number of amides is 2. The van der Waals surface area contributed by atoms with Crippen molar-refractivity contribution in [1.29, 1.82) is 0 Å². The fraction of sp³-hybridized carbons (Fsp3) is 0.739. The largest absolute Gasteiger partial charge is 0.352 e. The Morgan fingerprint density at radius 2 is 2.00 bits per heavy atom. The molecule has 3 N–H and O–H groups in total. The van der Waals surface area contributed by atoms with E-state index >= 15 is 4.39 Å². The molecule has 1 aromatic rings. The predicted octanol–water partition coefficient (Wildman–Crippen LogP) is 2.05. The molecule has 34 heavy (non-hydrogen) atoms. The zero-order valence-corrected chi connectivity index (χ0v) is 20.6. The molecule has 2 aliphatic rings. The summed E-state index contributed by atoms with van der Waals surface area (Å²) in [7, 11) is 4.03. The van der Waals surface area contributed by atoms with E-state index in [1.165, 1.54) is 0 Å². The summed E-state index contributed by atoms with van der Waals surface area (Å²) in [6.45, 7) is 5.23. The summed E-state index contributed by atoms with van der Waals surface area (Å²) in [6, 6.07) is 0.283. The number of rotatable bonds is 11. The first-order valence-corrected chi connectivity index (χ1v) is 12.2. The molecule has 0 aromatic carbocycles. The lowest BCUT2D eigenvalue weighted by molar-refractivity contribution is -0.154. The van der Waals surface area contributed by atoms with Crippen LogP contribution in [0.15, 0.2) is 0 Å². The number of likely N-dealkylation sites (N-methyl/N-ethyl adjacent to an activating group) is 1. The van der Waals surface area contributed by atoms with Gasteiger partial charge in [0.1, 0.15) is 5.82 Å². The standard InChI is InChI=1S/C23H38FN7O3/c1-5-19-25-21(20(24)22(26-19)30-11-15(2)18(13-30)29(3)4)27-28-23(33)17(12-31(34)14-32)10-16-8-6-7-9-16/h14-18,34H,5-13H2,1-4H3,(H,28,33)(H,25,26,27)/t15-,17?,18?/m0/s1. The van der Waals surface area contributed by atoms with Crippen LogP contribution in [0.1, 0.15) is 51.8 Å². The number of hydroxylamine groups is 2. The van der Waals surface area contributed by atoms with Crippen LogP contribution >= 0.6 is 0 Å². The number of aryl methyl sites for hydroxylation is 1. The number of hydrazine groups is 1. The molecule has 0 bridgehead atoms. The Bertz CT molecular complexity index is 850. The van der Waals surface area contributed by atoms with Crippen LogP contribution < -0.4 is 15.8 Å². The fourth-order valence-electron chi connectivity index (χ4n) is 5.13. The average Bonchev–Trinajstić information content (AvgIpc) is 3.47. The highest BCUT2D eigenvalue weighted by Crippen LogP contribution is 2.31. The molecule has 10 nitrogen and oxygen atoms in total. The van der Waals surface area contributed by atoms with Gasteiger partial charge in [0, 0.05) is 25.6 Å². The van der Waals surface area contributed by atoms with Crippen LogP contribution in [0.25, 0.3) is 0 Å². The number of hydrogen-bond donors (Lipinski definition) is 3.